The second kappa shape index (κ2) is 13.5. The molecule has 1 fully saturated rings. The number of carbonyl (C=O) groups is 2. The summed E-state index contributed by atoms with van der Waals surface area (Å²) in [4.78, 5) is 45.6. The van der Waals surface area contributed by atoms with Crippen molar-refractivity contribution in [2.24, 2.45) is 11.8 Å². The lowest BCUT2D eigenvalue weighted by Crippen LogP contribution is -2.34. The zero-order valence-corrected chi connectivity index (χ0v) is 18.9. The molecule has 2 aliphatic carbocycles. The molecule has 11 heteroatoms. The normalized spacial score (nSPS) is 26.2. The number of methoxy groups -OCH3 is 2. The summed E-state index contributed by atoms with van der Waals surface area (Å²) >= 11 is 0. The van der Waals surface area contributed by atoms with Crippen LogP contribution in [0.1, 0.15) is 32.1 Å². The van der Waals surface area contributed by atoms with Gasteiger partial charge in [0.05, 0.1) is 25.7 Å². The van der Waals surface area contributed by atoms with Crippen molar-refractivity contribution in [3.63, 3.8) is 0 Å². The van der Waals surface area contributed by atoms with Crippen LogP contribution in [0.15, 0.2) is 48.0 Å². The first-order valence-electron chi connectivity index (χ1n) is 9.99. The first-order chi connectivity index (χ1) is 14.9. The van der Waals surface area contributed by atoms with Gasteiger partial charge in [0.15, 0.2) is 23.1 Å². The van der Waals surface area contributed by atoms with E-state index in [1.807, 2.05) is 6.08 Å². The highest BCUT2D eigenvalue weighted by atomic mass is 31.2. The van der Waals surface area contributed by atoms with E-state index in [9.17, 15) is 19.8 Å². The van der Waals surface area contributed by atoms with Crippen molar-refractivity contribution in [2.45, 2.75) is 44.3 Å². The predicted molar refractivity (Wildman–Crippen MR) is 115 cm³/mol. The molecule has 0 amide bonds. The monoisotopic (exact) mass is 474 g/mol. The van der Waals surface area contributed by atoms with Crippen LogP contribution < -0.4 is 0 Å². The Bertz CT molecular complexity index is 799. The second-order valence-electron chi connectivity index (χ2n) is 7.48. The Kier molecular flexibility index (Phi) is 11.8. The quantitative estimate of drug-likeness (QED) is 0.199. The summed E-state index contributed by atoms with van der Waals surface area (Å²) in [7, 11) is -1.59. The molecule has 0 aromatic heterocycles. The lowest BCUT2D eigenvalue weighted by Gasteiger charge is -2.30. The Labute approximate surface area is 186 Å². The van der Waals surface area contributed by atoms with E-state index in [0.717, 1.165) is 6.42 Å². The van der Waals surface area contributed by atoms with Crippen molar-refractivity contribution in [3.8, 4) is 0 Å². The van der Waals surface area contributed by atoms with Crippen LogP contribution in [0.5, 0.6) is 0 Å². The van der Waals surface area contributed by atoms with Gasteiger partial charge < -0.3 is 34.4 Å². The fourth-order valence-electron chi connectivity index (χ4n) is 3.34. The van der Waals surface area contributed by atoms with E-state index in [4.69, 9.17) is 28.7 Å². The number of carbonyl (C=O) groups excluding carboxylic acids is 2. The topological polar surface area (TPSA) is 171 Å². The zero-order valence-electron chi connectivity index (χ0n) is 18.0. The maximum absolute atomic E-state index is 12.0. The summed E-state index contributed by atoms with van der Waals surface area (Å²) in [6, 6.07) is 0. The zero-order chi connectivity index (χ0) is 24.3. The van der Waals surface area contributed by atoms with Crippen molar-refractivity contribution in [1.29, 1.82) is 0 Å². The summed E-state index contributed by atoms with van der Waals surface area (Å²) in [5, 5.41) is 19.4. The van der Waals surface area contributed by atoms with E-state index in [0.29, 0.717) is 25.0 Å². The third-order valence-electron chi connectivity index (χ3n) is 4.95. The maximum atomic E-state index is 12.0. The highest BCUT2D eigenvalue weighted by molar-refractivity contribution is 7.45. The minimum Gasteiger partial charge on any atom is -0.504 e. The molecule has 180 valence electrons. The van der Waals surface area contributed by atoms with E-state index in [1.165, 1.54) is 19.3 Å². The van der Waals surface area contributed by atoms with E-state index < -0.39 is 13.9 Å². The van der Waals surface area contributed by atoms with Crippen LogP contribution in [0, 0.1) is 11.8 Å². The van der Waals surface area contributed by atoms with Crippen molar-refractivity contribution in [2.75, 3.05) is 14.2 Å². The van der Waals surface area contributed by atoms with E-state index in [1.54, 1.807) is 25.3 Å². The van der Waals surface area contributed by atoms with Gasteiger partial charge in [-0.05, 0) is 55.9 Å². The van der Waals surface area contributed by atoms with Crippen molar-refractivity contribution < 1.29 is 48.5 Å². The lowest BCUT2D eigenvalue weighted by molar-refractivity contribution is -0.122. The van der Waals surface area contributed by atoms with Crippen LogP contribution in [-0.4, -0.2) is 62.9 Å². The molecular formula is C21H31O10P. The molecule has 2 rings (SSSR count). The largest absolute Gasteiger partial charge is 0.504 e. The Morgan fingerprint density at radius 2 is 1.72 bits per heavy atom. The fourth-order valence-corrected chi connectivity index (χ4v) is 3.34. The molecule has 0 radical (unpaired) electrons. The summed E-state index contributed by atoms with van der Waals surface area (Å²) in [6.07, 6.45) is 11.6. The third-order valence-corrected chi connectivity index (χ3v) is 4.95. The number of hydrogen-bond acceptors (Lipinski definition) is 7. The van der Waals surface area contributed by atoms with Crippen LogP contribution in [0.3, 0.4) is 0 Å². The van der Waals surface area contributed by atoms with Crippen molar-refractivity contribution in [1.82, 2.24) is 0 Å². The van der Waals surface area contributed by atoms with Gasteiger partial charge in [-0.15, -0.1) is 0 Å². The molecule has 0 bridgehead atoms. The number of ether oxygens (including phenoxy) is 2. The van der Waals surface area contributed by atoms with Crippen LogP contribution in [0.2, 0.25) is 0 Å². The van der Waals surface area contributed by atoms with E-state index >= 15 is 0 Å². The molecule has 4 atom stereocenters. The average molecular weight is 474 g/mol. The number of aliphatic hydroxyl groups is 2. The predicted octanol–water partition coefficient (Wildman–Crippen LogP) is 1.87. The molecule has 0 aromatic rings. The van der Waals surface area contributed by atoms with Crippen molar-refractivity contribution in [3.05, 3.63) is 48.0 Å². The smallest absolute Gasteiger partial charge is 0.466 e. The SMILES string of the molecule is COC1=CC(/C=C/C(=O)CC(=O)/C=C/C2CCC(O)C(OC)C2)CC=C1O.O=P(O)(O)O. The lowest BCUT2D eigenvalue weighted by atomic mass is 9.85. The molecule has 0 heterocycles. The van der Waals surface area contributed by atoms with Crippen LogP contribution >= 0.6 is 7.82 Å². The number of ketones is 2. The molecule has 2 aliphatic rings. The Hall–Kier alpha value is -2.07. The molecule has 0 saturated heterocycles. The van der Waals surface area contributed by atoms with Gasteiger partial charge in [0, 0.05) is 13.0 Å². The maximum Gasteiger partial charge on any atom is 0.466 e. The Morgan fingerprint density at radius 3 is 2.28 bits per heavy atom. The minimum absolute atomic E-state index is 0.0508. The standard InChI is InChI=1S/C21H28O6.H3O4P/c1-26-20-11-14(5-9-18(20)24)3-7-16(22)13-17(23)8-4-15-6-10-19(25)21(12-15)27-2;1-5(2,3)4/h3-4,7-9,11,14-15,19,21,24-25H,5-6,10,12-13H2,1-2H3;(H3,1,2,3,4)/b7-3+,8-4+;. The highest BCUT2D eigenvalue weighted by Gasteiger charge is 2.27. The van der Waals surface area contributed by atoms with Gasteiger partial charge in [0.25, 0.3) is 0 Å². The molecule has 4 unspecified atom stereocenters. The Balaban J connectivity index is 0.000000920. The molecule has 1 saturated carbocycles. The highest BCUT2D eigenvalue weighted by Crippen LogP contribution is 2.27. The molecule has 32 heavy (non-hydrogen) atoms. The second-order valence-corrected chi connectivity index (χ2v) is 8.51. The van der Waals surface area contributed by atoms with Gasteiger partial charge in [0.1, 0.15) is 0 Å². The number of allylic oxidation sites excluding steroid dienone is 6. The molecule has 5 N–H and O–H groups in total. The summed E-state index contributed by atoms with van der Waals surface area (Å²) < 4.78 is 19.2. The Morgan fingerprint density at radius 1 is 1.12 bits per heavy atom. The average Bonchev–Trinajstić information content (AvgIpc) is 2.71. The first kappa shape index (κ1) is 28.0. The molecular weight excluding hydrogens is 443 g/mol. The molecule has 0 aromatic carbocycles. The van der Waals surface area contributed by atoms with Crippen LogP contribution in [0.4, 0.5) is 0 Å². The third kappa shape index (κ3) is 11.5. The summed E-state index contributed by atoms with van der Waals surface area (Å²) in [5.41, 5.74) is 0. The van der Waals surface area contributed by atoms with Gasteiger partial charge in [0.2, 0.25) is 0 Å². The van der Waals surface area contributed by atoms with Gasteiger partial charge in [-0.25, -0.2) is 4.57 Å². The summed E-state index contributed by atoms with van der Waals surface area (Å²) in [6.45, 7) is 0. The van der Waals surface area contributed by atoms with Crippen LogP contribution in [0.25, 0.3) is 0 Å². The number of phosphoric acid groups is 1. The molecule has 10 nitrogen and oxygen atoms in total. The number of hydrogen-bond donors (Lipinski definition) is 5. The van der Waals surface area contributed by atoms with Crippen LogP contribution in [-0.2, 0) is 23.6 Å². The van der Waals surface area contributed by atoms with E-state index in [2.05, 4.69) is 0 Å². The number of rotatable bonds is 8. The summed E-state index contributed by atoms with van der Waals surface area (Å²) in [5.74, 6) is 0.107. The minimum atomic E-state index is -4.64. The first-order valence-corrected chi connectivity index (χ1v) is 11.6. The van der Waals surface area contributed by atoms with E-state index in [-0.39, 0.29) is 41.7 Å². The van der Waals surface area contributed by atoms with Crippen molar-refractivity contribution >= 4 is 19.4 Å². The number of aliphatic hydroxyl groups excluding tert-OH is 2. The van der Waals surface area contributed by atoms with Gasteiger partial charge in [-0.1, -0.05) is 12.2 Å². The molecule has 0 spiro atoms. The van der Waals surface area contributed by atoms with Gasteiger partial charge in [-0.2, -0.15) is 0 Å². The van der Waals surface area contributed by atoms with Gasteiger partial charge in [-0.3, -0.25) is 9.59 Å². The van der Waals surface area contributed by atoms with Gasteiger partial charge >= 0.3 is 7.82 Å². The fraction of sp³-hybridized carbons (Fsp3) is 0.524. The molecule has 0 aliphatic heterocycles.